The number of hydrogen-bond donors (Lipinski definition) is 0. The summed E-state index contributed by atoms with van der Waals surface area (Å²) >= 11 is 0. The topological polar surface area (TPSA) is 35.5 Å². The van der Waals surface area contributed by atoms with E-state index in [0.29, 0.717) is 17.6 Å². The molecule has 4 heteroatoms. The Morgan fingerprint density at radius 1 is 1.15 bits per heavy atom. The summed E-state index contributed by atoms with van der Waals surface area (Å²) in [4.78, 5) is 12.5. The largest absolute Gasteiger partial charge is 0.484 e. The second-order valence-corrected chi connectivity index (χ2v) is 8.14. The zero-order chi connectivity index (χ0) is 19.0. The zero-order valence-electron chi connectivity index (χ0n) is 15.8. The van der Waals surface area contributed by atoms with Gasteiger partial charge in [0, 0.05) is 0 Å². The van der Waals surface area contributed by atoms with E-state index >= 15 is 0 Å². The molecular formula is C23H25FO3. The Hall–Kier alpha value is -2.36. The highest BCUT2D eigenvalue weighted by Gasteiger charge is 2.54. The Morgan fingerprint density at radius 2 is 1.93 bits per heavy atom. The van der Waals surface area contributed by atoms with Gasteiger partial charge in [-0.25, -0.2) is 9.18 Å². The molecule has 2 fully saturated rings. The van der Waals surface area contributed by atoms with Crippen molar-refractivity contribution >= 4 is 5.97 Å². The third kappa shape index (κ3) is 3.33. The van der Waals surface area contributed by atoms with Crippen molar-refractivity contribution in [3.63, 3.8) is 0 Å². The van der Waals surface area contributed by atoms with E-state index in [0.717, 1.165) is 19.3 Å². The van der Waals surface area contributed by atoms with Crippen molar-refractivity contribution in [3.8, 4) is 11.5 Å². The molecule has 2 bridgehead atoms. The fourth-order valence-corrected chi connectivity index (χ4v) is 4.84. The van der Waals surface area contributed by atoms with Gasteiger partial charge in [-0.1, -0.05) is 32.0 Å². The van der Waals surface area contributed by atoms with Gasteiger partial charge in [0.25, 0.3) is 0 Å². The maximum absolute atomic E-state index is 14.5. The molecule has 27 heavy (non-hydrogen) atoms. The molecule has 0 heterocycles. The van der Waals surface area contributed by atoms with Crippen LogP contribution >= 0.6 is 0 Å². The second kappa shape index (κ2) is 6.99. The van der Waals surface area contributed by atoms with Crippen molar-refractivity contribution in [1.29, 1.82) is 0 Å². The minimum atomic E-state index is -0.516. The van der Waals surface area contributed by atoms with Crippen molar-refractivity contribution < 1.29 is 18.7 Å². The van der Waals surface area contributed by atoms with E-state index in [4.69, 9.17) is 9.47 Å². The Bertz CT molecular complexity index is 833. The number of fused-ring (bicyclic) bond motifs is 2. The summed E-state index contributed by atoms with van der Waals surface area (Å²) in [5.74, 6) is 1.08. The van der Waals surface area contributed by atoms with Gasteiger partial charge in [-0.3, -0.25) is 0 Å². The fourth-order valence-electron chi connectivity index (χ4n) is 4.84. The number of benzene rings is 2. The Balaban J connectivity index is 1.58. The fraction of sp³-hybridized carbons (Fsp3) is 0.435. The van der Waals surface area contributed by atoms with Crippen LogP contribution in [0.1, 0.15) is 49.9 Å². The van der Waals surface area contributed by atoms with Gasteiger partial charge < -0.3 is 9.47 Å². The van der Waals surface area contributed by atoms with Crippen molar-refractivity contribution in [2.24, 2.45) is 17.8 Å². The molecule has 3 nitrogen and oxygen atoms in total. The molecule has 3 atom stereocenters. The van der Waals surface area contributed by atoms with E-state index in [1.165, 1.54) is 24.6 Å². The molecule has 2 aromatic rings. The van der Waals surface area contributed by atoms with E-state index in [2.05, 4.69) is 13.8 Å². The number of halogens is 1. The molecule has 3 unspecified atom stereocenters. The third-order valence-corrected chi connectivity index (χ3v) is 6.24. The molecule has 0 spiro atoms. The Labute approximate surface area is 159 Å². The average molecular weight is 368 g/mol. The van der Waals surface area contributed by atoms with Crippen LogP contribution in [0.25, 0.3) is 0 Å². The summed E-state index contributed by atoms with van der Waals surface area (Å²) in [6.45, 7) is 4.29. The number of carbonyl (C=O) groups excluding carboxylic acids is 1. The van der Waals surface area contributed by atoms with Crippen LogP contribution in [0.2, 0.25) is 0 Å². The molecule has 2 aromatic carbocycles. The number of carbonyl (C=O) groups is 1. The zero-order valence-corrected chi connectivity index (χ0v) is 15.8. The molecule has 2 aliphatic carbocycles. The van der Waals surface area contributed by atoms with E-state index in [-0.39, 0.29) is 22.8 Å². The van der Waals surface area contributed by atoms with Crippen molar-refractivity contribution in [3.05, 3.63) is 59.9 Å². The van der Waals surface area contributed by atoms with Crippen LogP contribution < -0.4 is 9.47 Å². The van der Waals surface area contributed by atoms with Gasteiger partial charge in [-0.2, -0.15) is 0 Å². The molecular weight excluding hydrogens is 343 g/mol. The van der Waals surface area contributed by atoms with Crippen LogP contribution in [0.4, 0.5) is 4.39 Å². The van der Waals surface area contributed by atoms with Gasteiger partial charge in [-0.05, 0) is 73.8 Å². The molecule has 2 saturated carbocycles. The van der Waals surface area contributed by atoms with Gasteiger partial charge in [0.1, 0.15) is 11.4 Å². The van der Waals surface area contributed by atoms with Crippen LogP contribution in [-0.4, -0.2) is 11.6 Å². The minimum Gasteiger partial charge on any atom is -0.484 e. The number of rotatable bonds is 5. The highest BCUT2D eigenvalue weighted by molar-refractivity contribution is 5.91. The van der Waals surface area contributed by atoms with Gasteiger partial charge in [-0.15, -0.1) is 0 Å². The predicted molar refractivity (Wildman–Crippen MR) is 101 cm³/mol. The van der Waals surface area contributed by atoms with Crippen LogP contribution in [-0.2, 0) is 0 Å². The monoisotopic (exact) mass is 368 g/mol. The van der Waals surface area contributed by atoms with Gasteiger partial charge in [0.05, 0.1) is 5.56 Å². The first kappa shape index (κ1) is 18.0. The van der Waals surface area contributed by atoms with Gasteiger partial charge >= 0.3 is 5.97 Å². The summed E-state index contributed by atoms with van der Waals surface area (Å²) < 4.78 is 26.2. The maximum Gasteiger partial charge on any atom is 0.343 e. The van der Waals surface area contributed by atoms with E-state index in [9.17, 15) is 9.18 Å². The Kier molecular flexibility index (Phi) is 4.67. The lowest BCUT2D eigenvalue weighted by Crippen LogP contribution is -2.46. The molecule has 0 N–H and O–H groups in total. The van der Waals surface area contributed by atoms with Crippen molar-refractivity contribution in [2.45, 2.75) is 45.1 Å². The molecule has 0 amide bonds. The second-order valence-electron chi connectivity index (χ2n) is 8.14. The van der Waals surface area contributed by atoms with Crippen molar-refractivity contribution in [1.82, 2.24) is 0 Å². The van der Waals surface area contributed by atoms with E-state index in [1.807, 2.05) is 6.07 Å². The van der Waals surface area contributed by atoms with Crippen LogP contribution in [0.15, 0.2) is 48.5 Å². The first-order chi connectivity index (χ1) is 13.0. The Morgan fingerprint density at radius 3 is 2.56 bits per heavy atom. The predicted octanol–water partition coefficient (Wildman–Crippen LogP) is 5.64. The quantitative estimate of drug-likeness (QED) is 0.506. The normalized spacial score (nSPS) is 26.4. The lowest BCUT2D eigenvalue weighted by Gasteiger charge is -2.41. The van der Waals surface area contributed by atoms with E-state index in [1.54, 1.807) is 24.3 Å². The molecule has 4 rings (SSSR count). The molecule has 0 radical (unpaired) electrons. The lowest BCUT2D eigenvalue weighted by molar-refractivity contribution is -0.0310. The highest BCUT2D eigenvalue weighted by Crippen LogP contribution is 2.55. The molecule has 0 aromatic heterocycles. The first-order valence-electron chi connectivity index (χ1n) is 9.74. The van der Waals surface area contributed by atoms with E-state index < -0.39 is 11.8 Å². The molecule has 0 aliphatic heterocycles. The summed E-state index contributed by atoms with van der Waals surface area (Å²) in [7, 11) is 0. The van der Waals surface area contributed by atoms with Gasteiger partial charge in [0.2, 0.25) is 0 Å². The summed E-state index contributed by atoms with van der Waals surface area (Å²) in [6, 6.07) is 13.1. The summed E-state index contributed by atoms with van der Waals surface area (Å²) in [5, 5.41) is 0. The standard InChI is InChI=1S/C23H25FO3/c1-15(2)23(14-16-8-10-18(23)12-16)27-21-13-17(9-11-20(21)24)22(25)26-19-6-4-3-5-7-19/h3-7,9,11,13,15-16,18H,8,10,12,14H2,1-2H3. The third-order valence-electron chi connectivity index (χ3n) is 6.24. The first-order valence-corrected chi connectivity index (χ1v) is 9.74. The molecule has 2 aliphatic rings. The van der Waals surface area contributed by atoms with Crippen LogP contribution in [0, 0.1) is 23.6 Å². The van der Waals surface area contributed by atoms with Gasteiger partial charge in [0.15, 0.2) is 11.6 Å². The highest BCUT2D eigenvalue weighted by atomic mass is 19.1. The number of esters is 1. The number of hydrogen-bond acceptors (Lipinski definition) is 3. The molecule has 0 saturated heterocycles. The summed E-state index contributed by atoms with van der Waals surface area (Å²) in [5.41, 5.74) is -0.0524. The van der Waals surface area contributed by atoms with Crippen LogP contribution in [0.5, 0.6) is 11.5 Å². The SMILES string of the molecule is CC(C)C1(Oc2cc(C(=O)Oc3ccccc3)ccc2F)CC2CCC1C2. The number of ether oxygens (including phenoxy) is 2. The number of para-hydroxylation sites is 1. The maximum atomic E-state index is 14.5. The van der Waals surface area contributed by atoms with Crippen molar-refractivity contribution in [2.75, 3.05) is 0 Å². The molecule has 142 valence electrons. The lowest BCUT2D eigenvalue weighted by atomic mass is 9.76. The average Bonchev–Trinajstić information content (AvgIpc) is 3.26. The smallest absolute Gasteiger partial charge is 0.343 e. The van der Waals surface area contributed by atoms with Crippen LogP contribution in [0.3, 0.4) is 0 Å². The minimum absolute atomic E-state index is 0.152. The summed E-state index contributed by atoms with van der Waals surface area (Å²) in [6.07, 6.45) is 4.51.